The molecule has 2 unspecified atom stereocenters. The van der Waals surface area contributed by atoms with E-state index in [4.69, 9.17) is 0 Å². The number of fused-ring (bicyclic) bond motifs is 1. The van der Waals surface area contributed by atoms with Gasteiger partial charge in [-0.25, -0.2) is 9.97 Å². The topological polar surface area (TPSA) is 131 Å². The highest BCUT2D eigenvalue weighted by Crippen LogP contribution is 2.27. The highest BCUT2D eigenvalue weighted by atomic mass is 16.3. The van der Waals surface area contributed by atoms with Gasteiger partial charge in [0.2, 0.25) is 0 Å². The molecule has 0 aliphatic carbocycles. The van der Waals surface area contributed by atoms with Crippen molar-refractivity contribution in [3.63, 3.8) is 0 Å². The van der Waals surface area contributed by atoms with E-state index >= 15 is 0 Å². The predicted molar refractivity (Wildman–Crippen MR) is 87.5 cm³/mol. The summed E-state index contributed by atoms with van der Waals surface area (Å²) >= 11 is 0. The fourth-order valence-electron chi connectivity index (χ4n) is 2.95. The number of aliphatic hydroxyl groups excluding tert-OH is 2. The minimum Gasteiger partial charge on any atom is -0.382 e. The molecular formula is C16H18N6O3. The number of carbonyl (C=O) groups is 1. The number of amides is 1. The molecule has 3 heterocycles. The van der Waals surface area contributed by atoms with Crippen molar-refractivity contribution in [2.45, 2.75) is 25.0 Å². The van der Waals surface area contributed by atoms with Crippen molar-refractivity contribution in [3.05, 3.63) is 41.7 Å². The molecule has 25 heavy (non-hydrogen) atoms. The van der Waals surface area contributed by atoms with Crippen LogP contribution in [0.4, 0.5) is 0 Å². The van der Waals surface area contributed by atoms with Crippen LogP contribution in [0.15, 0.2) is 24.3 Å². The smallest absolute Gasteiger partial charge is 0.254 e. The number of H-pyrrole nitrogens is 2. The van der Waals surface area contributed by atoms with Gasteiger partial charge < -0.3 is 20.1 Å². The maximum Gasteiger partial charge on any atom is 0.254 e. The number of aliphatic hydroxyl groups is 2. The van der Waals surface area contributed by atoms with E-state index in [9.17, 15) is 15.0 Å². The van der Waals surface area contributed by atoms with Crippen LogP contribution in [0, 0.1) is 6.92 Å². The summed E-state index contributed by atoms with van der Waals surface area (Å²) < 4.78 is 0. The van der Waals surface area contributed by atoms with Crippen LogP contribution in [0.5, 0.6) is 0 Å². The van der Waals surface area contributed by atoms with E-state index in [2.05, 4.69) is 25.1 Å². The van der Waals surface area contributed by atoms with Crippen molar-refractivity contribution in [2.24, 2.45) is 0 Å². The molecule has 1 aliphatic heterocycles. The van der Waals surface area contributed by atoms with Gasteiger partial charge in [-0.3, -0.25) is 9.89 Å². The fourth-order valence-corrected chi connectivity index (χ4v) is 2.95. The number of hydrogen-bond acceptors (Lipinski definition) is 6. The summed E-state index contributed by atoms with van der Waals surface area (Å²) in [7, 11) is 0. The van der Waals surface area contributed by atoms with Crippen LogP contribution in [0.2, 0.25) is 0 Å². The third kappa shape index (κ3) is 2.77. The first kappa shape index (κ1) is 15.7. The summed E-state index contributed by atoms with van der Waals surface area (Å²) in [5.41, 5.74) is 1.40. The Bertz CT molecular complexity index is 880. The lowest BCUT2D eigenvalue weighted by Gasteiger charge is -2.39. The van der Waals surface area contributed by atoms with Gasteiger partial charge in [0, 0.05) is 13.1 Å². The molecule has 9 heteroatoms. The summed E-state index contributed by atoms with van der Waals surface area (Å²) in [5, 5.41) is 27.4. The second-order valence-corrected chi connectivity index (χ2v) is 6.25. The molecule has 1 fully saturated rings. The highest BCUT2D eigenvalue weighted by molar-refractivity contribution is 5.82. The molecule has 1 saturated heterocycles. The molecule has 9 nitrogen and oxygen atoms in total. The van der Waals surface area contributed by atoms with Gasteiger partial charge in [-0.2, -0.15) is 5.10 Å². The lowest BCUT2D eigenvalue weighted by molar-refractivity contribution is -0.151. The summed E-state index contributed by atoms with van der Waals surface area (Å²) in [6, 6.07) is 7.26. The van der Waals surface area contributed by atoms with Crippen LogP contribution in [-0.2, 0) is 4.79 Å². The molecular weight excluding hydrogens is 324 g/mol. The second-order valence-electron chi connectivity index (χ2n) is 6.25. The molecule has 130 valence electrons. The molecule has 0 saturated carbocycles. The molecule has 1 aliphatic rings. The summed E-state index contributed by atoms with van der Waals surface area (Å²) in [4.78, 5) is 25.2. The van der Waals surface area contributed by atoms with Gasteiger partial charge in [0.25, 0.3) is 5.91 Å². The van der Waals surface area contributed by atoms with E-state index in [1.54, 1.807) is 6.07 Å². The van der Waals surface area contributed by atoms with E-state index in [1.807, 2.05) is 25.1 Å². The maximum absolute atomic E-state index is 12.4. The minimum atomic E-state index is -1.57. The van der Waals surface area contributed by atoms with Crippen molar-refractivity contribution in [1.82, 2.24) is 30.0 Å². The van der Waals surface area contributed by atoms with Crippen LogP contribution < -0.4 is 0 Å². The maximum atomic E-state index is 12.4. The van der Waals surface area contributed by atoms with E-state index in [1.165, 1.54) is 4.90 Å². The number of benzene rings is 1. The van der Waals surface area contributed by atoms with Crippen molar-refractivity contribution < 1.29 is 15.0 Å². The first-order valence-electron chi connectivity index (χ1n) is 8.01. The molecule has 1 amide bonds. The number of rotatable bonds is 4. The molecule has 2 atom stereocenters. The molecule has 0 spiro atoms. The first-order chi connectivity index (χ1) is 12.0. The number of aromatic nitrogens is 5. The van der Waals surface area contributed by atoms with Gasteiger partial charge in [0.1, 0.15) is 17.8 Å². The number of nitrogens with zero attached hydrogens (tertiary/aromatic N) is 4. The average Bonchev–Trinajstić information content (AvgIpc) is 3.18. The van der Waals surface area contributed by atoms with Crippen LogP contribution in [-0.4, -0.2) is 65.4 Å². The SMILES string of the molecule is Cc1nc(C2CN(C(=O)C(O)C(O)c3nc4ccccc4[nH]3)C2)n[nH]1. The van der Waals surface area contributed by atoms with Gasteiger partial charge >= 0.3 is 0 Å². The Hall–Kier alpha value is -2.78. The number of imidazole rings is 1. The van der Waals surface area contributed by atoms with Crippen molar-refractivity contribution in [1.29, 1.82) is 0 Å². The summed E-state index contributed by atoms with van der Waals surface area (Å²) in [5.74, 6) is 1.07. The standard InChI is InChI=1S/C16H18N6O3/c1-8-17-14(21-20-8)9-6-22(7-9)16(25)13(24)12(23)15-18-10-4-2-3-5-11(10)19-15/h2-5,9,12-13,23-24H,6-7H2,1H3,(H,18,19)(H,17,20,21). The second kappa shape index (κ2) is 5.94. The Morgan fingerprint density at radius 1 is 1.28 bits per heavy atom. The lowest BCUT2D eigenvalue weighted by Crippen LogP contribution is -2.53. The summed E-state index contributed by atoms with van der Waals surface area (Å²) in [6.07, 6.45) is -2.99. The predicted octanol–water partition coefficient (Wildman–Crippen LogP) is 0.00972. The van der Waals surface area contributed by atoms with Gasteiger partial charge in [0.05, 0.1) is 17.0 Å². The Balaban J connectivity index is 1.42. The Kier molecular flexibility index (Phi) is 3.74. The average molecular weight is 342 g/mol. The third-order valence-corrected chi connectivity index (χ3v) is 4.41. The van der Waals surface area contributed by atoms with E-state index < -0.39 is 18.1 Å². The highest BCUT2D eigenvalue weighted by Gasteiger charge is 2.39. The molecule has 4 N–H and O–H groups in total. The monoisotopic (exact) mass is 342 g/mol. The van der Waals surface area contributed by atoms with Gasteiger partial charge in [-0.05, 0) is 19.1 Å². The number of likely N-dealkylation sites (tertiary alicyclic amines) is 1. The van der Waals surface area contributed by atoms with Crippen molar-refractivity contribution in [3.8, 4) is 0 Å². The van der Waals surface area contributed by atoms with Crippen LogP contribution in [0.25, 0.3) is 11.0 Å². The summed E-state index contributed by atoms with van der Waals surface area (Å²) in [6.45, 7) is 2.64. The van der Waals surface area contributed by atoms with Gasteiger partial charge in [-0.1, -0.05) is 12.1 Å². The zero-order valence-electron chi connectivity index (χ0n) is 13.5. The minimum absolute atomic E-state index is 0.0458. The molecule has 3 aromatic rings. The zero-order chi connectivity index (χ0) is 17.6. The Labute approximate surface area is 142 Å². The number of carbonyl (C=O) groups excluding carboxylic acids is 1. The van der Waals surface area contributed by atoms with E-state index in [0.29, 0.717) is 24.4 Å². The van der Waals surface area contributed by atoms with Crippen LogP contribution in [0.3, 0.4) is 0 Å². The van der Waals surface area contributed by atoms with Gasteiger partial charge in [0.15, 0.2) is 11.9 Å². The zero-order valence-corrected chi connectivity index (χ0v) is 13.5. The number of aryl methyl sites for hydroxylation is 1. The Morgan fingerprint density at radius 3 is 2.72 bits per heavy atom. The first-order valence-corrected chi connectivity index (χ1v) is 8.01. The molecule has 0 radical (unpaired) electrons. The molecule has 2 aromatic heterocycles. The number of nitrogens with one attached hydrogen (secondary N) is 2. The number of aromatic amines is 2. The fraction of sp³-hybridized carbons (Fsp3) is 0.375. The Morgan fingerprint density at radius 2 is 2.04 bits per heavy atom. The molecule has 1 aromatic carbocycles. The van der Waals surface area contributed by atoms with Crippen molar-refractivity contribution in [2.75, 3.05) is 13.1 Å². The van der Waals surface area contributed by atoms with Gasteiger partial charge in [-0.15, -0.1) is 0 Å². The van der Waals surface area contributed by atoms with Crippen LogP contribution >= 0.6 is 0 Å². The van der Waals surface area contributed by atoms with E-state index in [0.717, 1.165) is 11.3 Å². The molecule has 4 rings (SSSR count). The number of para-hydroxylation sites is 2. The van der Waals surface area contributed by atoms with Crippen LogP contribution in [0.1, 0.15) is 29.5 Å². The lowest BCUT2D eigenvalue weighted by atomic mass is 9.98. The molecule has 0 bridgehead atoms. The number of hydrogen-bond donors (Lipinski definition) is 4. The normalized spacial score (nSPS) is 17.5. The third-order valence-electron chi connectivity index (χ3n) is 4.41. The van der Waals surface area contributed by atoms with E-state index in [-0.39, 0.29) is 11.7 Å². The largest absolute Gasteiger partial charge is 0.382 e. The van der Waals surface area contributed by atoms with Crippen molar-refractivity contribution >= 4 is 16.9 Å². The quantitative estimate of drug-likeness (QED) is 0.528.